The topological polar surface area (TPSA) is 194 Å². The van der Waals surface area contributed by atoms with Crippen molar-refractivity contribution in [3.63, 3.8) is 0 Å². The summed E-state index contributed by atoms with van der Waals surface area (Å²) in [6.45, 7) is 8.59. The maximum Gasteiger partial charge on any atom is 0.312 e. The Kier molecular flexibility index (Phi) is 22.9. The van der Waals surface area contributed by atoms with Crippen LogP contribution < -0.4 is 21.7 Å². The van der Waals surface area contributed by atoms with Gasteiger partial charge < -0.3 is 45.4 Å². The van der Waals surface area contributed by atoms with Crippen LogP contribution in [0, 0.1) is 11.8 Å². The van der Waals surface area contributed by atoms with Crippen molar-refractivity contribution in [2.45, 2.75) is 65.5 Å². The Morgan fingerprint density at radius 1 is 0.875 bits per heavy atom. The highest BCUT2D eigenvalue weighted by Gasteiger charge is 2.29. The van der Waals surface area contributed by atoms with Crippen molar-refractivity contribution < 1.29 is 47.7 Å². The third-order valence-electron chi connectivity index (χ3n) is 6.90. The Morgan fingerprint density at radius 2 is 1.48 bits per heavy atom. The monoisotopic (exact) mass is 699 g/mol. The number of Topliss-reactive ketones (excluding diaryl/α,β-unsaturated/α-hetero) is 1. The number of primary amides is 1. The zero-order chi connectivity index (χ0) is 36.3. The zero-order valence-corrected chi connectivity index (χ0v) is 29.5. The van der Waals surface area contributed by atoms with E-state index in [1.165, 1.54) is 6.92 Å². The number of benzene rings is 1. The van der Waals surface area contributed by atoms with E-state index in [0.29, 0.717) is 64.8 Å². The summed E-state index contributed by atoms with van der Waals surface area (Å²) in [6, 6.07) is 5.31. The molecule has 0 fully saturated rings. The van der Waals surface area contributed by atoms with E-state index in [-0.39, 0.29) is 65.3 Å². The highest BCUT2D eigenvalue weighted by atomic mass is 31.0. The first-order chi connectivity index (χ1) is 23.5. The van der Waals surface area contributed by atoms with E-state index < -0.39 is 24.0 Å². The van der Waals surface area contributed by atoms with Crippen molar-refractivity contribution in [1.82, 2.24) is 10.6 Å². The van der Waals surface area contributed by atoms with Gasteiger partial charge in [-0.25, -0.2) is 4.79 Å². The molecule has 0 radical (unpaired) electrons. The molecule has 1 rings (SSSR count). The predicted octanol–water partition coefficient (Wildman–Crippen LogP) is 2.57. The summed E-state index contributed by atoms with van der Waals surface area (Å²) in [5, 5.41) is 8.11. The first kappa shape index (κ1) is 41.0. The van der Waals surface area contributed by atoms with Gasteiger partial charge in [-0.3, -0.25) is 19.2 Å². The van der Waals surface area contributed by atoms with Crippen LogP contribution in [0.15, 0.2) is 24.3 Å². The summed E-state index contributed by atoms with van der Waals surface area (Å²) < 4.78 is 33.9. The van der Waals surface area contributed by atoms with Crippen LogP contribution in [0.2, 0.25) is 0 Å². The number of ketones is 1. The molecule has 0 aromatic heterocycles. The van der Waals surface area contributed by atoms with E-state index in [4.69, 9.17) is 30.7 Å². The van der Waals surface area contributed by atoms with Gasteiger partial charge in [-0.05, 0) is 49.0 Å². The zero-order valence-electron chi connectivity index (χ0n) is 29.5. The van der Waals surface area contributed by atoms with E-state index in [9.17, 15) is 24.0 Å². The SMILES string of the molecule is [2H]PCCCOCCOCCOCCOCCC(=O)NC(C(=O)CC(CCCNC(N)=O)C(=O)Nc1ccc(COC(C)=O)cc1)C(C)C. The number of hydrogen-bond donors (Lipinski definition) is 4. The van der Waals surface area contributed by atoms with Crippen LogP contribution in [0.4, 0.5) is 10.5 Å². The van der Waals surface area contributed by atoms with Gasteiger partial charge in [0.25, 0.3) is 0 Å². The van der Waals surface area contributed by atoms with Crippen molar-refractivity contribution in [2.75, 3.05) is 70.9 Å². The summed E-state index contributed by atoms with van der Waals surface area (Å²) in [5.74, 6) is -2.35. The highest BCUT2D eigenvalue weighted by Crippen LogP contribution is 2.19. The molecule has 48 heavy (non-hydrogen) atoms. The van der Waals surface area contributed by atoms with Crippen LogP contribution >= 0.6 is 9.18 Å². The van der Waals surface area contributed by atoms with Gasteiger partial charge >= 0.3 is 12.0 Å². The Bertz CT molecular complexity index is 1110. The van der Waals surface area contributed by atoms with Crippen molar-refractivity contribution >= 4 is 44.5 Å². The quantitative estimate of drug-likeness (QED) is 0.0549. The summed E-state index contributed by atoms with van der Waals surface area (Å²) in [7, 11) is 0.207. The number of carbonyl (C=O) groups is 5. The second-order valence-corrected chi connectivity index (χ2v) is 11.9. The average Bonchev–Trinajstić information content (AvgIpc) is 3.06. The number of urea groups is 1. The molecule has 3 atom stereocenters. The fraction of sp³-hybridized carbons (Fsp3) is 0.667. The third-order valence-corrected chi connectivity index (χ3v) is 7.25. The lowest BCUT2D eigenvalue weighted by Gasteiger charge is -2.24. The molecular weight excluding hydrogens is 643 g/mol. The fourth-order valence-corrected chi connectivity index (χ4v) is 4.48. The molecule has 0 heterocycles. The van der Waals surface area contributed by atoms with Gasteiger partial charge in [-0.1, -0.05) is 26.0 Å². The average molecular weight is 700 g/mol. The molecule has 0 bridgehead atoms. The van der Waals surface area contributed by atoms with Crippen molar-refractivity contribution in [1.29, 1.82) is 1.28 Å². The van der Waals surface area contributed by atoms with Gasteiger partial charge in [-0.2, -0.15) is 0 Å². The molecule has 0 saturated carbocycles. The normalized spacial score (nSPS) is 12.8. The van der Waals surface area contributed by atoms with Crippen LogP contribution in [-0.4, -0.2) is 102 Å². The second-order valence-electron chi connectivity index (χ2n) is 11.4. The molecule has 272 valence electrons. The Balaban J connectivity index is 2.50. The summed E-state index contributed by atoms with van der Waals surface area (Å²) in [4.78, 5) is 61.5. The van der Waals surface area contributed by atoms with E-state index in [1.807, 2.05) is 13.8 Å². The van der Waals surface area contributed by atoms with Crippen LogP contribution in [0.5, 0.6) is 0 Å². The molecule has 15 heteroatoms. The third kappa shape index (κ3) is 21.7. The summed E-state index contributed by atoms with van der Waals surface area (Å²) >= 11 is 0. The van der Waals surface area contributed by atoms with Crippen LogP contribution in [0.25, 0.3) is 0 Å². The van der Waals surface area contributed by atoms with E-state index >= 15 is 0 Å². The first-order valence-corrected chi connectivity index (χ1v) is 17.1. The van der Waals surface area contributed by atoms with Crippen LogP contribution in [0.1, 0.15) is 58.4 Å². The number of carbonyl (C=O) groups excluding carboxylic acids is 5. The maximum atomic E-state index is 13.4. The van der Waals surface area contributed by atoms with E-state index in [2.05, 4.69) is 16.0 Å². The lowest BCUT2D eigenvalue weighted by atomic mass is 9.89. The molecule has 5 N–H and O–H groups in total. The molecule has 4 amide bonds. The number of anilines is 1. The molecule has 0 saturated heterocycles. The molecule has 1 aromatic rings. The Morgan fingerprint density at radius 3 is 2.04 bits per heavy atom. The molecule has 1 aromatic carbocycles. The van der Waals surface area contributed by atoms with Crippen LogP contribution in [-0.2, 0) is 49.5 Å². The van der Waals surface area contributed by atoms with Gasteiger partial charge in [0.15, 0.2) is 5.78 Å². The number of amides is 4. The minimum absolute atomic E-state index is 0.0536. The number of rotatable bonds is 29. The van der Waals surface area contributed by atoms with Gasteiger partial charge in [0.1, 0.15) is 6.61 Å². The highest BCUT2D eigenvalue weighted by molar-refractivity contribution is 7.16. The molecule has 0 aliphatic carbocycles. The number of nitrogens with two attached hydrogens (primary N) is 1. The van der Waals surface area contributed by atoms with Crippen molar-refractivity contribution in [3.8, 4) is 0 Å². The molecule has 3 unspecified atom stereocenters. The largest absolute Gasteiger partial charge is 0.461 e. The molecule has 0 aliphatic heterocycles. The minimum Gasteiger partial charge on any atom is -0.461 e. The molecule has 14 nitrogen and oxygen atoms in total. The smallest absolute Gasteiger partial charge is 0.312 e. The van der Waals surface area contributed by atoms with Crippen molar-refractivity contribution in [2.24, 2.45) is 17.6 Å². The molecule has 0 spiro atoms. The number of hydrogen-bond acceptors (Lipinski definition) is 10. The number of nitrogens with one attached hydrogen (secondary N) is 3. The second kappa shape index (κ2) is 26.8. The van der Waals surface area contributed by atoms with Gasteiger partial charge in [0.2, 0.25) is 11.8 Å². The van der Waals surface area contributed by atoms with Gasteiger partial charge in [-0.15, -0.1) is 9.18 Å². The van der Waals surface area contributed by atoms with Gasteiger partial charge in [0.05, 0.1) is 53.6 Å². The summed E-state index contributed by atoms with van der Waals surface area (Å²) in [6.07, 6.45) is 2.40. The Hall–Kier alpha value is -3.16. The van der Waals surface area contributed by atoms with E-state index in [0.717, 1.165) is 18.1 Å². The lowest BCUT2D eigenvalue weighted by molar-refractivity contribution is -0.142. The first-order valence-electron chi connectivity index (χ1n) is 16.9. The van der Waals surface area contributed by atoms with Crippen LogP contribution in [0.3, 0.4) is 0 Å². The molecule has 0 aliphatic rings. The minimum atomic E-state index is -0.801. The van der Waals surface area contributed by atoms with Crippen molar-refractivity contribution in [3.05, 3.63) is 29.8 Å². The lowest BCUT2D eigenvalue weighted by Crippen LogP contribution is -2.45. The number of ether oxygens (including phenoxy) is 5. The maximum absolute atomic E-state index is 13.4. The van der Waals surface area contributed by atoms with Gasteiger partial charge in [0, 0.05) is 44.5 Å². The predicted molar refractivity (Wildman–Crippen MR) is 184 cm³/mol. The Labute approximate surface area is 287 Å². The molecular formula is C33H55N4O10P. The standard InChI is InChI=1S/C33H55N4O10P/c1-24(2)31(37-30(40)11-14-44-16-18-46-20-19-45-17-15-43-13-5-21-48)29(39)22-27(6-4-12-35-33(34)42)32(41)36-28-9-7-26(8-10-28)23-47-25(3)38/h7-10,24,27,31H,4-6,11-23,48H2,1-3H3,(H,36,41)(H,37,40)(H3,34,35,42)/i48D. The number of esters is 1. The fourth-order valence-electron chi connectivity index (χ4n) is 4.33. The summed E-state index contributed by atoms with van der Waals surface area (Å²) in [5.41, 5.74) is 6.40. The van der Waals surface area contributed by atoms with E-state index in [1.54, 1.807) is 24.3 Å².